The van der Waals surface area contributed by atoms with Crippen LogP contribution in [0.3, 0.4) is 0 Å². The van der Waals surface area contributed by atoms with E-state index in [1.165, 1.54) is 11.5 Å². The third-order valence-corrected chi connectivity index (χ3v) is 11.0. The van der Waals surface area contributed by atoms with Gasteiger partial charge in [-0.3, -0.25) is 4.98 Å². The number of nitrogens with zero attached hydrogens (tertiary/aromatic N) is 3. The van der Waals surface area contributed by atoms with E-state index in [-0.39, 0.29) is 25.7 Å². The van der Waals surface area contributed by atoms with Crippen molar-refractivity contribution >= 4 is 43.7 Å². The van der Waals surface area contributed by atoms with Gasteiger partial charge in [0.15, 0.2) is 0 Å². The van der Waals surface area contributed by atoms with Crippen molar-refractivity contribution in [2.24, 2.45) is 5.41 Å². The number of aromatic nitrogens is 3. The van der Waals surface area contributed by atoms with Crippen LogP contribution >= 0.6 is 0 Å². The molecule has 317 valence electrons. The summed E-state index contributed by atoms with van der Waals surface area (Å²) in [4.78, 5) is 9.51. The summed E-state index contributed by atoms with van der Waals surface area (Å²) >= 11 is 0. The van der Waals surface area contributed by atoms with Gasteiger partial charge < -0.3 is 14.0 Å². The molecule has 7 aromatic carbocycles. The summed E-state index contributed by atoms with van der Waals surface area (Å²) in [6, 6.07) is 53.1. The largest absolute Gasteiger partial charge is 0.501 e. The van der Waals surface area contributed by atoms with E-state index in [9.17, 15) is 0 Å². The molecule has 10 rings (SSSR count). The SMILES string of the molecule is [2H]C([2H])([2H])c1c[c-]c(-c2nc3ccccc3n2-c2c(C([2H])(C)C)cccc2C([2H])(C)C)cc1.[2H]C([2H])(c1ccc(-c2ccnc(-c3[c-]ccc4c3oc3cc5ccccc5cc34)c2)cc1)C(C)(C)C.[Ir]. The van der Waals surface area contributed by atoms with Crippen molar-refractivity contribution in [1.29, 1.82) is 0 Å². The third-order valence-electron chi connectivity index (χ3n) is 11.0. The number of imidazole rings is 1. The Morgan fingerprint density at radius 2 is 1.46 bits per heavy atom. The predicted molar refractivity (Wildman–Crippen MR) is 260 cm³/mol. The fourth-order valence-electron chi connectivity index (χ4n) is 8.13. The fourth-order valence-corrected chi connectivity index (χ4v) is 8.13. The number of hydrogen-bond acceptors (Lipinski definition) is 3. The number of fused-ring (bicyclic) bond motifs is 5. The molecule has 0 spiro atoms. The molecule has 3 heterocycles. The van der Waals surface area contributed by atoms with E-state index in [2.05, 4.69) is 47.4 Å². The molecule has 63 heavy (non-hydrogen) atoms. The van der Waals surface area contributed by atoms with Gasteiger partial charge >= 0.3 is 0 Å². The zero-order valence-electron chi connectivity index (χ0n) is 43.5. The van der Waals surface area contributed by atoms with Crippen LogP contribution in [0.1, 0.15) is 92.1 Å². The van der Waals surface area contributed by atoms with Crippen LogP contribution in [-0.4, -0.2) is 14.5 Å². The van der Waals surface area contributed by atoms with Crippen LogP contribution in [0.15, 0.2) is 156 Å². The Kier molecular flexibility index (Phi) is 10.1. The summed E-state index contributed by atoms with van der Waals surface area (Å²) in [7, 11) is 0. The number of para-hydroxylation sites is 3. The quantitative estimate of drug-likeness (QED) is 0.149. The first-order chi connectivity index (χ1) is 32.5. The summed E-state index contributed by atoms with van der Waals surface area (Å²) in [5.41, 5.74) is 10.3. The molecule has 0 saturated heterocycles. The topological polar surface area (TPSA) is 43.9 Å². The van der Waals surface area contributed by atoms with E-state index in [0.29, 0.717) is 17.0 Å². The Morgan fingerprint density at radius 1 is 0.746 bits per heavy atom. The van der Waals surface area contributed by atoms with Crippen molar-refractivity contribution in [3.05, 3.63) is 186 Å². The van der Waals surface area contributed by atoms with Gasteiger partial charge in [0.1, 0.15) is 5.58 Å². The Labute approximate surface area is 395 Å². The molecule has 0 atom stereocenters. The van der Waals surface area contributed by atoms with E-state index in [1.54, 1.807) is 18.3 Å². The van der Waals surface area contributed by atoms with Gasteiger partial charge in [0.25, 0.3) is 0 Å². The van der Waals surface area contributed by atoms with Crippen LogP contribution in [0, 0.1) is 24.4 Å². The van der Waals surface area contributed by atoms with Gasteiger partial charge in [-0.1, -0.05) is 151 Å². The maximum atomic E-state index is 8.83. The zero-order chi connectivity index (χ0) is 49.3. The zero-order valence-corrected chi connectivity index (χ0v) is 38.9. The van der Waals surface area contributed by atoms with E-state index in [0.717, 1.165) is 77.6 Å². The van der Waals surface area contributed by atoms with E-state index >= 15 is 0 Å². The molecule has 1 radical (unpaired) electrons. The fraction of sp³-hybridized carbons (Fsp3) is 0.207. The van der Waals surface area contributed by atoms with Gasteiger partial charge in [-0.25, -0.2) is 0 Å². The minimum absolute atomic E-state index is 0. The average molecular weight is 1010 g/mol. The van der Waals surface area contributed by atoms with Gasteiger partial charge in [0.05, 0.1) is 22.4 Å². The summed E-state index contributed by atoms with van der Waals surface area (Å²) in [6.07, 6.45) is 0.377. The monoisotopic (exact) mass is 1010 g/mol. The first-order valence-electron chi connectivity index (χ1n) is 24.5. The molecular weight excluding hydrogens is 947 g/mol. The van der Waals surface area contributed by atoms with Crippen LogP contribution in [0.5, 0.6) is 0 Å². The maximum absolute atomic E-state index is 8.83. The van der Waals surface area contributed by atoms with Crippen molar-refractivity contribution in [3.8, 4) is 39.5 Å². The number of aryl methyl sites for hydroxylation is 1. The smallest absolute Gasteiger partial charge is 0.121 e. The molecule has 0 aliphatic rings. The van der Waals surface area contributed by atoms with Crippen molar-refractivity contribution < 1.29 is 34.1 Å². The van der Waals surface area contributed by atoms with Crippen LogP contribution in [-0.2, 0) is 26.5 Å². The van der Waals surface area contributed by atoms with Crippen molar-refractivity contribution in [1.82, 2.24) is 14.5 Å². The maximum Gasteiger partial charge on any atom is 0.121 e. The molecule has 0 fully saturated rings. The molecule has 10 aromatic rings. The van der Waals surface area contributed by atoms with Gasteiger partial charge in [-0.05, 0) is 98.2 Å². The van der Waals surface area contributed by atoms with E-state index in [1.807, 2.05) is 150 Å². The molecular formula is C58H53IrN3O-2. The molecule has 0 aliphatic heterocycles. The van der Waals surface area contributed by atoms with E-state index in [4.69, 9.17) is 19.0 Å². The molecule has 0 bridgehead atoms. The molecule has 0 saturated carbocycles. The predicted octanol–water partition coefficient (Wildman–Crippen LogP) is 15.9. The number of rotatable bonds is 7. The van der Waals surface area contributed by atoms with Crippen LogP contribution in [0.4, 0.5) is 0 Å². The minimum atomic E-state index is -2.21. The summed E-state index contributed by atoms with van der Waals surface area (Å²) < 4.78 is 66.1. The summed E-state index contributed by atoms with van der Waals surface area (Å²) in [5, 5.41) is 4.46. The molecule has 3 aromatic heterocycles. The second-order valence-corrected chi connectivity index (χ2v) is 17.2. The Balaban J connectivity index is 0.000000186. The molecule has 0 N–H and O–H groups in total. The van der Waals surface area contributed by atoms with Crippen LogP contribution in [0.2, 0.25) is 0 Å². The second kappa shape index (κ2) is 17.9. The van der Waals surface area contributed by atoms with Crippen LogP contribution in [0.25, 0.3) is 83.2 Å². The second-order valence-electron chi connectivity index (χ2n) is 17.2. The number of hydrogen-bond donors (Lipinski definition) is 0. The van der Waals surface area contributed by atoms with Crippen molar-refractivity contribution in [3.63, 3.8) is 0 Å². The molecule has 5 heteroatoms. The first kappa shape index (κ1) is 35.3. The standard InChI is InChI=1S/C32H26NO.C26H27N2.Ir/c1-32(2,3)20-21-11-13-22(14-12-21)25-15-16-33-29(18-25)27-10-6-9-26-28-17-23-7-4-5-8-24(23)19-30(28)34-31(26)27;1-17(2)21-9-8-10-22(18(3)4)25(21)28-24-12-7-6-11-23(24)27-26(28)20-15-13-19(5)14-16-20;/h4-9,11-19H,20H2,1-3H3;6-15,17-18H,1-5H3;/q2*-1;/i20D2;5D3,17D,18D;. The van der Waals surface area contributed by atoms with Crippen molar-refractivity contribution in [2.45, 2.75) is 73.5 Å². The normalized spacial score (nSPS) is 14.1. The summed E-state index contributed by atoms with van der Waals surface area (Å²) in [5.74, 6) is -1.25. The van der Waals surface area contributed by atoms with Crippen LogP contribution < -0.4 is 0 Å². The number of furan rings is 1. The molecule has 0 amide bonds. The van der Waals surface area contributed by atoms with E-state index < -0.39 is 30.4 Å². The number of pyridine rings is 1. The third kappa shape index (κ3) is 8.91. The molecule has 0 aliphatic carbocycles. The Morgan fingerprint density at radius 3 is 2.14 bits per heavy atom. The van der Waals surface area contributed by atoms with Gasteiger partial charge in [0, 0.05) is 47.0 Å². The number of benzene rings is 7. The molecule has 4 nitrogen and oxygen atoms in total. The van der Waals surface area contributed by atoms with Gasteiger partial charge in [-0.15, -0.1) is 53.6 Å². The van der Waals surface area contributed by atoms with Crippen molar-refractivity contribution in [2.75, 3.05) is 0 Å². The Hall–Kier alpha value is -6.13. The minimum Gasteiger partial charge on any atom is -0.501 e. The first-order valence-corrected chi connectivity index (χ1v) is 21.0. The summed E-state index contributed by atoms with van der Waals surface area (Å²) in [6.45, 7) is 10.9. The van der Waals surface area contributed by atoms with Gasteiger partial charge in [-0.2, -0.15) is 0 Å². The molecule has 0 unspecified atom stereocenters. The van der Waals surface area contributed by atoms with Gasteiger partial charge in [0.2, 0.25) is 0 Å². The average Bonchev–Trinajstić information content (AvgIpc) is 3.88. The Bertz CT molecular complexity index is 3490.